The van der Waals surface area contributed by atoms with Crippen LogP contribution in [0.4, 0.5) is 0 Å². The monoisotopic (exact) mass is 256 g/mol. The first-order chi connectivity index (χ1) is 9.35. The third-order valence-electron chi connectivity index (χ3n) is 2.89. The molecular weight excluding hydrogens is 236 g/mol. The van der Waals surface area contributed by atoms with Gasteiger partial charge in [-0.3, -0.25) is 4.98 Å². The average molecular weight is 256 g/mol. The lowest BCUT2D eigenvalue weighted by Crippen LogP contribution is -2.22. The highest BCUT2D eigenvalue weighted by Gasteiger charge is 2.14. The molecule has 0 saturated heterocycles. The quantitative estimate of drug-likeness (QED) is 0.862. The molecule has 3 heteroatoms. The zero-order valence-corrected chi connectivity index (χ0v) is 11.5. The van der Waals surface area contributed by atoms with Crippen LogP contribution < -0.4 is 10.1 Å². The van der Waals surface area contributed by atoms with Gasteiger partial charge in [0.25, 0.3) is 0 Å². The largest absolute Gasteiger partial charge is 0.494 e. The minimum atomic E-state index is 0.103. The van der Waals surface area contributed by atoms with Crippen molar-refractivity contribution in [2.45, 2.75) is 19.9 Å². The van der Waals surface area contributed by atoms with Gasteiger partial charge in [0.05, 0.1) is 18.3 Å². The van der Waals surface area contributed by atoms with Crippen LogP contribution >= 0.6 is 0 Å². The Bertz CT molecular complexity index is 499. The fourth-order valence-electron chi connectivity index (χ4n) is 2.09. The first kappa shape index (κ1) is 13.6. The molecule has 1 heterocycles. The molecule has 3 nitrogen and oxygen atoms in total. The van der Waals surface area contributed by atoms with E-state index in [1.165, 1.54) is 5.56 Å². The molecule has 2 aromatic rings. The van der Waals surface area contributed by atoms with Gasteiger partial charge >= 0.3 is 0 Å². The average Bonchev–Trinajstić information content (AvgIpc) is 2.46. The van der Waals surface area contributed by atoms with Crippen molar-refractivity contribution in [1.29, 1.82) is 0 Å². The highest BCUT2D eigenvalue weighted by molar-refractivity contribution is 5.34. The molecule has 0 amide bonds. The van der Waals surface area contributed by atoms with Crippen molar-refractivity contribution in [1.82, 2.24) is 10.3 Å². The minimum absolute atomic E-state index is 0.103. The number of ether oxygens (including phenoxy) is 1. The first-order valence-electron chi connectivity index (χ1n) is 6.72. The predicted octanol–water partition coefficient (Wildman–Crippen LogP) is 3.18. The molecule has 0 fully saturated rings. The lowest BCUT2D eigenvalue weighted by molar-refractivity contribution is 0.339. The van der Waals surface area contributed by atoms with E-state index in [0.29, 0.717) is 6.61 Å². The third-order valence-corrected chi connectivity index (χ3v) is 2.89. The van der Waals surface area contributed by atoms with Crippen LogP contribution in [0.15, 0.2) is 48.7 Å². The van der Waals surface area contributed by atoms with Gasteiger partial charge in [-0.25, -0.2) is 0 Å². The van der Waals surface area contributed by atoms with E-state index in [-0.39, 0.29) is 6.04 Å². The van der Waals surface area contributed by atoms with Gasteiger partial charge in [0.1, 0.15) is 5.75 Å². The summed E-state index contributed by atoms with van der Waals surface area (Å²) in [6.45, 7) is 5.66. The molecule has 0 aliphatic rings. The summed E-state index contributed by atoms with van der Waals surface area (Å²) in [6.07, 6.45) is 1.83. The smallest absolute Gasteiger partial charge is 0.119 e. The Balaban J connectivity index is 2.31. The summed E-state index contributed by atoms with van der Waals surface area (Å²) in [5.74, 6) is 0.902. The van der Waals surface area contributed by atoms with Crippen molar-refractivity contribution in [2.24, 2.45) is 0 Å². The zero-order chi connectivity index (χ0) is 13.5. The Morgan fingerprint density at radius 2 is 2.05 bits per heavy atom. The SMILES string of the molecule is CCNC(c1cccc(OCC)c1)c1ccccn1. The van der Waals surface area contributed by atoms with E-state index in [4.69, 9.17) is 4.74 Å². The van der Waals surface area contributed by atoms with E-state index >= 15 is 0 Å². The summed E-state index contributed by atoms with van der Waals surface area (Å²) >= 11 is 0. The van der Waals surface area contributed by atoms with Crippen LogP contribution in [0.2, 0.25) is 0 Å². The van der Waals surface area contributed by atoms with Crippen LogP contribution in [0, 0.1) is 0 Å². The maximum Gasteiger partial charge on any atom is 0.119 e. The van der Waals surface area contributed by atoms with Crippen LogP contribution in [-0.4, -0.2) is 18.1 Å². The van der Waals surface area contributed by atoms with Crippen molar-refractivity contribution in [2.75, 3.05) is 13.2 Å². The topological polar surface area (TPSA) is 34.1 Å². The van der Waals surface area contributed by atoms with Crippen LogP contribution in [0.25, 0.3) is 0 Å². The standard InChI is InChI=1S/C16H20N2O/c1-3-17-16(15-10-5-6-11-18-15)13-8-7-9-14(12-13)19-4-2/h5-12,16-17H,3-4H2,1-2H3. The summed E-state index contributed by atoms with van der Waals surface area (Å²) in [6, 6.07) is 14.3. The highest BCUT2D eigenvalue weighted by Crippen LogP contribution is 2.23. The molecule has 2 rings (SSSR count). The van der Waals surface area contributed by atoms with E-state index in [9.17, 15) is 0 Å². The number of nitrogens with one attached hydrogen (secondary N) is 1. The van der Waals surface area contributed by atoms with Crippen molar-refractivity contribution in [3.8, 4) is 5.75 Å². The summed E-state index contributed by atoms with van der Waals surface area (Å²) in [5, 5.41) is 3.47. The molecule has 0 radical (unpaired) electrons. The molecule has 0 aliphatic carbocycles. The van der Waals surface area contributed by atoms with E-state index in [1.54, 1.807) is 0 Å². The van der Waals surface area contributed by atoms with Gasteiger partial charge in [0.15, 0.2) is 0 Å². The molecule has 0 saturated carbocycles. The van der Waals surface area contributed by atoms with E-state index < -0.39 is 0 Å². The van der Waals surface area contributed by atoms with E-state index in [2.05, 4.69) is 29.4 Å². The van der Waals surface area contributed by atoms with Gasteiger partial charge in [0, 0.05) is 6.20 Å². The highest BCUT2D eigenvalue weighted by atomic mass is 16.5. The van der Waals surface area contributed by atoms with Crippen LogP contribution in [0.1, 0.15) is 31.1 Å². The van der Waals surface area contributed by atoms with Crippen molar-refractivity contribution in [3.05, 3.63) is 59.9 Å². The second kappa shape index (κ2) is 6.90. The number of pyridine rings is 1. The Morgan fingerprint density at radius 1 is 1.16 bits per heavy atom. The summed E-state index contributed by atoms with van der Waals surface area (Å²) in [5.41, 5.74) is 2.20. The molecule has 1 aromatic heterocycles. The second-order valence-corrected chi connectivity index (χ2v) is 4.25. The van der Waals surface area contributed by atoms with Crippen molar-refractivity contribution in [3.63, 3.8) is 0 Å². The van der Waals surface area contributed by atoms with Gasteiger partial charge in [-0.15, -0.1) is 0 Å². The van der Waals surface area contributed by atoms with Gasteiger partial charge in [-0.2, -0.15) is 0 Å². The molecule has 0 aliphatic heterocycles. The summed E-state index contributed by atoms with van der Waals surface area (Å²) in [4.78, 5) is 4.45. The first-order valence-corrected chi connectivity index (χ1v) is 6.72. The molecule has 19 heavy (non-hydrogen) atoms. The van der Waals surface area contributed by atoms with E-state index in [1.807, 2.05) is 43.5 Å². The maximum absolute atomic E-state index is 5.56. The number of rotatable bonds is 6. The van der Waals surface area contributed by atoms with Gasteiger partial charge in [-0.1, -0.05) is 25.1 Å². The second-order valence-electron chi connectivity index (χ2n) is 4.25. The zero-order valence-electron chi connectivity index (χ0n) is 11.5. The fraction of sp³-hybridized carbons (Fsp3) is 0.312. The lowest BCUT2D eigenvalue weighted by atomic mass is 10.0. The van der Waals surface area contributed by atoms with Gasteiger partial charge < -0.3 is 10.1 Å². The summed E-state index contributed by atoms with van der Waals surface area (Å²) < 4.78 is 5.56. The van der Waals surface area contributed by atoms with Crippen LogP contribution in [0.3, 0.4) is 0 Å². The molecule has 0 bridgehead atoms. The van der Waals surface area contributed by atoms with Gasteiger partial charge in [-0.05, 0) is 43.3 Å². The lowest BCUT2D eigenvalue weighted by Gasteiger charge is -2.18. The Labute approximate surface area is 114 Å². The molecule has 1 unspecified atom stereocenters. The van der Waals surface area contributed by atoms with Crippen molar-refractivity contribution >= 4 is 0 Å². The Kier molecular flexibility index (Phi) is 4.93. The third kappa shape index (κ3) is 3.55. The number of aromatic nitrogens is 1. The molecule has 0 spiro atoms. The summed E-state index contributed by atoms with van der Waals surface area (Å²) in [7, 11) is 0. The van der Waals surface area contributed by atoms with Gasteiger partial charge in [0.2, 0.25) is 0 Å². The van der Waals surface area contributed by atoms with Crippen LogP contribution in [0.5, 0.6) is 5.75 Å². The fourth-order valence-corrected chi connectivity index (χ4v) is 2.09. The normalized spacial score (nSPS) is 12.1. The van der Waals surface area contributed by atoms with Crippen molar-refractivity contribution < 1.29 is 4.74 Å². The maximum atomic E-state index is 5.56. The minimum Gasteiger partial charge on any atom is -0.494 e. The molecular formula is C16H20N2O. The molecule has 100 valence electrons. The molecule has 1 atom stereocenters. The number of hydrogen-bond acceptors (Lipinski definition) is 3. The van der Waals surface area contributed by atoms with Crippen LogP contribution in [-0.2, 0) is 0 Å². The number of benzene rings is 1. The number of hydrogen-bond donors (Lipinski definition) is 1. The Morgan fingerprint density at radius 3 is 2.74 bits per heavy atom. The predicted molar refractivity (Wildman–Crippen MR) is 77.4 cm³/mol. The Hall–Kier alpha value is -1.87. The van der Waals surface area contributed by atoms with E-state index in [0.717, 1.165) is 18.0 Å². The molecule has 1 N–H and O–H groups in total. The molecule has 1 aromatic carbocycles. The number of nitrogens with zero attached hydrogens (tertiary/aromatic N) is 1.